The van der Waals surface area contributed by atoms with Gasteiger partial charge in [0.15, 0.2) is 5.82 Å². The Morgan fingerprint density at radius 3 is 2.79 bits per heavy atom. The van der Waals surface area contributed by atoms with Crippen LogP contribution in [0.3, 0.4) is 0 Å². The van der Waals surface area contributed by atoms with Gasteiger partial charge in [-0.05, 0) is 56.2 Å². The summed E-state index contributed by atoms with van der Waals surface area (Å²) in [4.78, 5) is 19.0. The number of benzene rings is 2. The molecule has 0 spiro atoms. The van der Waals surface area contributed by atoms with Crippen molar-refractivity contribution in [2.45, 2.75) is 33.1 Å². The molecule has 6 nitrogen and oxygen atoms in total. The summed E-state index contributed by atoms with van der Waals surface area (Å²) in [5, 5.41) is 4.15. The highest BCUT2D eigenvalue weighted by atomic mass is 16.5. The average molecular weight is 377 g/mol. The Kier molecular flexibility index (Phi) is 4.86. The first-order valence-corrected chi connectivity index (χ1v) is 9.50. The first kappa shape index (κ1) is 18.2. The van der Waals surface area contributed by atoms with E-state index in [0.29, 0.717) is 37.0 Å². The normalized spacial score (nSPS) is 16.6. The quantitative estimate of drug-likeness (QED) is 0.664. The smallest absolute Gasteiger partial charge is 0.261 e. The second-order valence-electron chi connectivity index (χ2n) is 7.06. The number of ether oxygens (including phenoxy) is 1. The average Bonchev–Trinajstić information content (AvgIpc) is 3.32. The van der Waals surface area contributed by atoms with E-state index in [9.17, 15) is 4.79 Å². The molecule has 1 aliphatic heterocycles. The zero-order valence-electron chi connectivity index (χ0n) is 16.3. The highest BCUT2D eigenvalue weighted by molar-refractivity contribution is 5.96. The van der Waals surface area contributed by atoms with Crippen LogP contribution in [-0.4, -0.2) is 29.2 Å². The second-order valence-corrected chi connectivity index (χ2v) is 7.06. The third-order valence-corrected chi connectivity index (χ3v) is 5.15. The van der Waals surface area contributed by atoms with E-state index in [4.69, 9.17) is 9.26 Å². The number of amides is 1. The van der Waals surface area contributed by atoms with Gasteiger partial charge in [-0.2, -0.15) is 4.98 Å². The van der Waals surface area contributed by atoms with Crippen molar-refractivity contribution in [1.29, 1.82) is 0 Å². The van der Waals surface area contributed by atoms with Crippen molar-refractivity contribution in [2.75, 3.05) is 18.1 Å². The number of carbonyl (C=O) groups is 1. The fourth-order valence-corrected chi connectivity index (χ4v) is 3.46. The molecule has 4 rings (SSSR count). The Balaban J connectivity index is 1.57. The van der Waals surface area contributed by atoms with E-state index in [0.717, 1.165) is 11.3 Å². The SMILES string of the molecule is CCOc1ccccc1-c1nc(C2CC(=O)N(c3ccc(C)c(C)c3)C2)no1. The lowest BCUT2D eigenvalue weighted by molar-refractivity contribution is -0.117. The fraction of sp³-hybridized carbons (Fsp3) is 0.318. The summed E-state index contributed by atoms with van der Waals surface area (Å²) in [6, 6.07) is 13.7. The molecule has 28 heavy (non-hydrogen) atoms. The summed E-state index contributed by atoms with van der Waals surface area (Å²) in [6.07, 6.45) is 0.374. The van der Waals surface area contributed by atoms with E-state index in [2.05, 4.69) is 30.1 Å². The van der Waals surface area contributed by atoms with Gasteiger partial charge in [0.1, 0.15) is 5.75 Å². The van der Waals surface area contributed by atoms with Crippen LogP contribution in [0.25, 0.3) is 11.5 Å². The van der Waals surface area contributed by atoms with Gasteiger partial charge in [0.05, 0.1) is 12.2 Å². The van der Waals surface area contributed by atoms with Crippen LogP contribution in [0.15, 0.2) is 47.0 Å². The summed E-state index contributed by atoms with van der Waals surface area (Å²) in [6.45, 7) is 7.15. The predicted octanol–water partition coefficient (Wildman–Crippen LogP) is 4.27. The predicted molar refractivity (Wildman–Crippen MR) is 107 cm³/mol. The van der Waals surface area contributed by atoms with Crippen LogP contribution in [0, 0.1) is 13.8 Å². The number of hydrogen-bond acceptors (Lipinski definition) is 5. The lowest BCUT2D eigenvalue weighted by Gasteiger charge is -2.17. The first-order chi connectivity index (χ1) is 13.6. The van der Waals surface area contributed by atoms with Gasteiger partial charge in [-0.1, -0.05) is 23.4 Å². The van der Waals surface area contributed by atoms with Crippen molar-refractivity contribution in [3.05, 3.63) is 59.4 Å². The van der Waals surface area contributed by atoms with Gasteiger partial charge in [-0.3, -0.25) is 4.79 Å². The van der Waals surface area contributed by atoms with Crippen molar-refractivity contribution in [3.63, 3.8) is 0 Å². The molecule has 1 fully saturated rings. The van der Waals surface area contributed by atoms with Gasteiger partial charge in [0, 0.05) is 24.6 Å². The van der Waals surface area contributed by atoms with Crippen LogP contribution in [0.5, 0.6) is 5.75 Å². The van der Waals surface area contributed by atoms with Crippen molar-refractivity contribution in [1.82, 2.24) is 10.1 Å². The van der Waals surface area contributed by atoms with Crippen LogP contribution in [-0.2, 0) is 4.79 Å². The van der Waals surface area contributed by atoms with E-state index in [1.54, 1.807) is 4.90 Å². The van der Waals surface area contributed by atoms with Gasteiger partial charge < -0.3 is 14.2 Å². The number of aryl methyl sites for hydroxylation is 2. The van der Waals surface area contributed by atoms with Crippen LogP contribution >= 0.6 is 0 Å². The minimum atomic E-state index is -0.0918. The Morgan fingerprint density at radius 1 is 1.18 bits per heavy atom. The van der Waals surface area contributed by atoms with Gasteiger partial charge in [0.2, 0.25) is 5.91 Å². The first-order valence-electron chi connectivity index (χ1n) is 9.50. The number of anilines is 1. The third-order valence-electron chi connectivity index (χ3n) is 5.15. The highest BCUT2D eigenvalue weighted by Gasteiger charge is 2.35. The molecule has 0 bridgehead atoms. The zero-order chi connectivity index (χ0) is 19.7. The molecule has 1 unspecified atom stereocenters. The Labute approximate surface area is 164 Å². The number of nitrogens with zero attached hydrogens (tertiary/aromatic N) is 3. The van der Waals surface area contributed by atoms with Crippen LogP contribution < -0.4 is 9.64 Å². The molecule has 1 aromatic heterocycles. The lowest BCUT2D eigenvalue weighted by atomic mass is 10.1. The summed E-state index contributed by atoms with van der Waals surface area (Å²) in [5.41, 5.74) is 4.06. The maximum atomic E-state index is 12.6. The summed E-state index contributed by atoms with van der Waals surface area (Å²) < 4.78 is 11.1. The molecule has 144 valence electrons. The molecular weight excluding hydrogens is 354 g/mol. The monoisotopic (exact) mass is 377 g/mol. The number of aromatic nitrogens is 2. The van der Waals surface area contributed by atoms with Crippen molar-refractivity contribution in [3.8, 4) is 17.2 Å². The van der Waals surface area contributed by atoms with Crippen LogP contribution in [0.2, 0.25) is 0 Å². The summed E-state index contributed by atoms with van der Waals surface area (Å²) in [7, 11) is 0. The molecule has 1 aliphatic rings. The molecule has 0 radical (unpaired) electrons. The molecular formula is C22H23N3O3. The maximum Gasteiger partial charge on any atom is 0.261 e. The van der Waals surface area contributed by atoms with Gasteiger partial charge in [0.25, 0.3) is 5.89 Å². The topological polar surface area (TPSA) is 68.5 Å². The van der Waals surface area contributed by atoms with E-state index >= 15 is 0 Å². The van der Waals surface area contributed by atoms with E-state index in [-0.39, 0.29) is 11.8 Å². The Morgan fingerprint density at radius 2 is 2.00 bits per heavy atom. The van der Waals surface area contributed by atoms with Gasteiger partial charge >= 0.3 is 0 Å². The van der Waals surface area contributed by atoms with E-state index < -0.39 is 0 Å². The van der Waals surface area contributed by atoms with Crippen molar-refractivity contribution < 1.29 is 14.1 Å². The minimum absolute atomic E-state index is 0.0781. The number of para-hydroxylation sites is 1. The molecule has 1 atom stereocenters. The van der Waals surface area contributed by atoms with Gasteiger partial charge in [-0.25, -0.2) is 0 Å². The van der Waals surface area contributed by atoms with Gasteiger partial charge in [-0.15, -0.1) is 0 Å². The molecule has 3 aromatic rings. The largest absolute Gasteiger partial charge is 0.493 e. The number of carbonyl (C=O) groups excluding carboxylic acids is 1. The van der Waals surface area contributed by atoms with E-state index in [1.165, 1.54) is 11.1 Å². The van der Waals surface area contributed by atoms with Crippen molar-refractivity contribution >= 4 is 11.6 Å². The second kappa shape index (κ2) is 7.46. The molecule has 0 aliphatic carbocycles. The fourth-order valence-electron chi connectivity index (χ4n) is 3.46. The summed E-state index contributed by atoms with van der Waals surface area (Å²) in [5.74, 6) is 1.66. The van der Waals surface area contributed by atoms with Crippen molar-refractivity contribution in [2.24, 2.45) is 0 Å². The standard InChI is InChI=1S/C22H23N3O3/c1-4-27-19-8-6-5-7-18(19)22-23-21(24-28-22)16-12-20(26)25(13-16)17-10-9-14(2)15(3)11-17/h5-11,16H,4,12-13H2,1-3H3. The minimum Gasteiger partial charge on any atom is -0.493 e. The van der Waals surface area contributed by atoms with E-state index in [1.807, 2.05) is 43.3 Å². The molecule has 2 aromatic carbocycles. The Bertz CT molecular complexity index is 1010. The molecule has 1 amide bonds. The summed E-state index contributed by atoms with van der Waals surface area (Å²) >= 11 is 0. The lowest BCUT2D eigenvalue weighted by Crippen LogP contribution is -2.24. The molecule has 2 heterocycles. The molecule has 0 saturated carbocycles. The third kappa shape index (κ3) is 3.38. The number of hydrogen-bond donors (Lipinski definition) is 0. The zero-order valence-corrected chi connectivity index (χ0v) is 16.3. The molecule has 6 heteroatoms. The highest BCUT2D eigenvalue weighted by Crippen LogP contribution is 2.34. The molecule has 1 saturated heterocycles. The number of rotatable bonds is 5. The molecule has 0 N–H and O–H groups in total. The van der Waals surface area contributed by atoms with Crippen LogP contribution in [0.4, 0.5) is 5.69 Å². The Hall–Kier alpha value is -3.15. The maximum absolute atomic E-state index is 12.6. The van der Waals surface area contributed by atoms with Crippen LogP contribution in [0.1, 0.15) is 36.2 Å².